The minimum Gasteiger partial charge on any atom is -0.326 e. The third kappa shape index (κ3) is 4.85. The number of amides is 2. The lowest BCUT2D eigenvalue weighted by molar-refractivity contribution is -0.122. The topological polar surface area (TPSA) is 52.7 Å². The number of carbonyl (C=O) groups excluding carboxylic acids is 2. The van der Waals surface area contributed by atoms with E-state index >= 15 is 0 Å². The predicted molar refractivity (Wildman–Crippen MR) is 116 cm³/mol. The lowest BCUT2D eigenvalue weighted by Gasteiger charge is -2.26. The van der Waals surface area contributed by atoms with Crippen LogP contribution in [-0.4, -0.2) is 36.3 Å². The van der Waals surface area contributed by atoms with E-state index in [1.165, 1.54) is 37.9 Å². The van der Waals surface area contributed by atoms with Crippen LogP contribution in [0.5, 0.6) is 0 Å². The molecule has 0 radical (unpaired) electrons. The smallest absolute Gasteiger partial charge is 0.229 e. The molecule has 2 heterocycles. The summed E-state index contributed by atoms with van der Waals surface area (Å²) in [5.74, 6) is -0.403. The number of nitrogens with zero attached hydrogens (tertiary/aromatic N) is 2. The minimum atomic E-state index is -0.322. The summed E-state index contributed by atoms with van der Waals surface area (Å²) >= 11 is 0. The van der Waals surface area contributed by atoms with E-state index in [9.17, 15) is 9.59 Å². The first-order valence-electron chi connectivity index (χ1n) is 10.6. The molecule has 1 atom stereocenters. The normalized spacial score (nSPS) is 20.1. The van der Waals surface area contributed by atoms with Crippen molar-refractivity contribution in [3.05, 3.63) is 59.7 Å². The molecule has 0 saturated carbocycles. The van der Waals surface area contributed by atoms with Gasteiger partial charge in [-0.3, -0.25) is 14.5 Å². The lowest BCUT2D eigenvalue weighted by Crippen LogP contribution is -2.29. The average Bonchev–Trinajstić information content (AvgIpc) is 3.13. The van der Waals surface area contributed by atoms with Gasteiger partial charge in [0.1, 0.15) is 0 Å². The van der Waals surface area contributed by atoms with E-state index in [1.54, 1.807) is 4.90 Å². The van der Waals surface area contributed by atoms with Crippen molar-refractivity contribution in [2.24, 2.45) is 5.92 Å². The molecule has 1 N–H and O–H groups in total. The summed E-state index contributed by atoms with van der Waals surface area (Å²) in [6.07, 6.45) is 4.17. The van der Waals surface area contributed by atoms with Gasteiger partial charge in [-0.15, -0.1) is 0 Å². The van der Waals surface area contributed by atoms with Gasteiger partial charge < -0.3 is 10.2 Å². The number of aryl methyl sites for hydroxylation is 1. The Hall–Kier alpha value is -2.66. The quantitative estimate of drug-likeness (QED) is 0.839. The summed E-state index contributed by atoms with van der Waals surface area (Å²) in [6, 6.07) is 16.0. The molecule has 2 fully saturated rings. The van der Waals surface area contributed by atoms with E-state index in [2.05, 4.69) is 22.3 Å². The first kappa shape index (κ1) is 19.6. The molecule has 2 aliphatic heterocycles. The largest absolute Gasteiger partial charge is 0.326 e. The first-order chi connectivity index (χ1) is 14.1. The number of hydrogen-bond donors (Lipinski definition) is 1. The van der Waals surface area contributed by atoms with Gasteiger partial charge in [0.2, 0.25) is 11.8 Å². The number of carbonyl (C=O) groups is 2. The van der Waals surface area contributed by atoms with Gasteiger partial charge in [0.25, 0.3) is 0 Å². The Labute approximate surface area is 172 Å². The van der Waals surface area contributed by atoms with Crippen LogP contribution in [-0.2, 0) is 16.1 Å². The third-order valence-corrected chi connectivity index (χ3v) is 5.92. The van der Waals surface area contributed by atoms with Crippen LogP contribution in [0, 0.1) is 12.8 Å². The number of anilines is 2. The molecule has 4 rings (SSSR count). The molecule has 5 nitrogen and oxygen atoms in total. The van der Waals surface area contributed by atoms with Crippen molar-refractivity contribution in [2.75, 3.05) is 29.9 Å². The molecule has 0 spiro atoms. The van der Waals surface area contributed by atoms with Crippen molar-refractivity contribution in [1.29, 1.82) is 0 Å². The number of benzene rings is 2. The SMILES string of the molecule is Cc1ccc(N2CC(C(=O)Nc3ccc(CN4CCCCC4)cc3)CC2=O)cc1. The second-order valence-corrected chi connectivity index (χ2v) is 8.26. The lowest BCUT2D eigenvalue weighted by atomic mass is 10.1. The summed E-state index contributed by atoms with van der Waals surface area (Å²) in [7, 11) is 0. The van der Waals surface area contributed by atoms with Crippen molar-refractivity contribution < 1.29 is 9.59 Å². The highest BCUT2D eigenvalue weighted by Crippen LogP contribution is 2.26. The van der Waals surface area contributed by atoms with Crippen LogP contribution in [0.2, 0.25) is 0 Å². The van der Waals surface area contributed by atoms with Gasteiger partial charge in [0.15, 0.2) is 0 Å². The molecule has 5 heteroatoms. The van der Waals surface area contributed by atoms with Crippen LogP contribution >= 0.6 is 0 Å². The Kier molecular flexibility index (Phi) is 5.95. The summed E-state index contributed by atoms with van der Waals surface area (Å²) in [5.41, 5.74) is 4.07. The first-order valence-corrected chi connectivity index (χ1v) is 10.6. The molecule has 2 aliphatic rings. The van der Waals surface area contributed by atoms with Crippen molar-refractivity contribution in [2.45, 2.75) is 39.2 Å². The van der Waals surface area contributed by atoms with Gasteiger partial charge in [0, 0.05) is 30.9 Å². The van der Waals surface area contributed by atoms with Crippen molar-refractivity contribution in [1.82, 2.24) is 4.90 Å². The zero-order chi connectivity index (χ0) is 20.2. The van der Waals surface area contributed by atoms with E-state index in [1.807, 2.05) is 43.3 Å². The number of rotatable bonds is 5. The molecule has 0 bridgehead atoms. The maximum absolute atomic E-state index is 12.7. The Morgan fingerprint density at radius 1 is 1.00 bits per heavy atom. The molecule has 2 aromatic rings. The predicted octanol–water partition coefficient (Wildman–Crippen LogP) is 3.97. The Morgan fingerprint density at radius 2 is 1.69 bits per heavy atom. The molecule has 0 aliphatic carbocycles. The maximum atomic E-state index is 12.7. The molecule has 2 amide bonds. The van der Waals surface area contributed by atoms with E-state index in [0.29, 0.717) is 6.54 Å². The fourth-order valence-corrected chi connectivity index (χ4v) is 4.17. The monoisotopic (exact) mass is 391 g/mol. The molecular weight excluding hydrogens is 362 g/mol. The molecule has 29 heavy (non-hydrogen) atoms. The molecule has 2 aromatic carbocycles. The average molecular weight is 392 g/mol. The molecule has 0 aromatic heterocycles. The highest BCUT2D eigenvalue weighted by molar-refractivity contribution is 6.03. The fourth-order valence-electron chi connectivity index (χ4n) is 4.17. The fraction of sp³-hybridized carbons (Fsp3) is 0.417. The summed E-state index contributed by atoms with van der Waals surface area (Å²) in [5, 5.41) is 2.98. The molecule has 1 unspecified atom stereocenters. The van der Waals surface area contributed by atoms with Crippen LogP contribution in [0.4, 0.5) is 11.4 Å². The van der Waals surface area contributed by atoms with Crippen LogP contribution < -0.4 is 10.2 Å². The highest BCUT2D eigenvalue weighted by atomic mass is 16.2. The second kappa shape index (κ2) is 8.78. The summed E-state index contributed by atoms with van der Waals surface area (Å²) in [6.45, 7) is 5.76. The zero-order valence-electron chi connectivity index (χ0n) is 17.1. The standard InChI is InChI=1S/C24H29N3O2/c1-18-5-11-22(12-6-18)27-17-20(15-23(27)28)24(29)25-21-9-7-19(8-10-21)16-26-13-3-2-4-14-26/h5-12,20H,2-4,13-17H2,1H3,(H,25,29). The van der Waals surface area contributed by atoms with E-state index < -0.39 is 0 Å². The van der Waals surface area contributed by atoms with Crippen molar-refractivity contribution >= 4 is 23.2 Å². The van der Waals surface area contributed by atoms with Gasteiger partial charge in [-0.2, -0.15) is 0 Å². The van der Waals surface area contributed by atoms with E-state index in [4.69, 9.17) is 0 Å². The molecule has 152 valence electrons. The summed E-state index contributed by atoms with van der Waals surface area (Å²) < 4.78 is 0. The van der Waals surface area contributed by atoms with Gasteiger partial charge in [-0.05, 0) is 62.7 Å². The van der Waals surface area contributed by atoms with Crippen molar-refractivity contribution in [3.8, 4) is 0 Å². The Bertz CT molecular complexity index is 855. The van der Waals surface area contributed by atoms with Gasteiger partial charge in [-0.25, -0.2) is 0 Å². The zero-order valence-corrected chi connectivity index (χ0v) is 17.1. The molecule has 2 saturated heterocycles. The minimum absolute atomic E-state index is 0.00545. The third-order valence-electron chi connectivity index (χ3n) is 5.92. The second-order valence-electron chi connectivity index (χ2n) is 8.26. The van der Waals surface area contributed by atoms with Crippen LogP contribution in [0.15, 0.2) is 48.5 Å². The number of piperidine rings is 1. The van der Waals surface area contributed by atoms with Gasteiger partial charge in [-0.1, -0.05) is 36.2 Å². The van der Waals surface area contributed by atoms with Gasteiger partial charge >= 0.3 is 0 Å². The van der Waals surface area contributed by atoms with E-state index in [0.717, 1.165) is 23.5 Å². The van der Waals surface area contributed by atoms with Crippen LogP contribution in [0.1, 0.15) is 36.8 Å². The number of nitrogens with one attached hydrogen (secondary N) is 1. The molecular formula is C24H29N3O2. The Morgan fingerprint density at radius 3 is 2.38 bits per heavy atom. The maximum Gasteiger partial charge on any atom is 0.229 e. The van der Waals surface area contributed by atoms with Gasteiger partial charge in [0.05, 0.1) is 5.92 Å². The highest BCUT2D eigenvalue weighted by Gasteiger charge is 2.35. The Balaban J connectivity index is 1.33. The van der Waals surface area contributed by atoms with E-state index in [-0.39, 0.29) is 24.2 Å². The van der Waals surface area contributed by atoms with Crippen molar-refractivity contribution in [3.63, 3.8) is 0 Å². The number of likely N-dealkylation sites (tertiary alicyclic amines) is 1. The summed E-state index contributed by atoms with van der Waals surface area (Å²) in [4.78, 5) is 29.3. The van der Waals surface area contributed by atoms with Crippen LogP contribution in [0.3, 0.4) is 0 Å². The van der Waals surface area contributed by atoms with Crippen LogP contribution in [0.25, 0.3) is 0 Å². The number of hydrogen-bond acceptors (Lipinski definition) is 3.